The van der Waals surface area contributed by atoms with Crippen LogP contribution in [0.25, 0.3) is 17.1 Å². The van der Waals surface area contributed by atoms with Gasteiger partial charge in [-0.15, -0.1) is 10.2 Å². The molecular weight excluding hydrogens is 441 g/mol. The number of nitrogens with zero attached hydrogens (tertiary/aromatic N) is 5. The van der Waals surface area contributed by atoms with Gasteiger partial charge in [0.1, 0.15) is 0 Å². The van der Waals surface area contributed by atoms with Crippen LogP contribution in [0.15, 0.2) is 47.9 Å². The molecule has 2 aromatic heterocycles. The van der Waals surface area contributed by atoms with Crippen LogP contribution in [0.5, 0.6) is 0 Å². The lowest BCUT2D eigenvalue weighted by Gasteiger charge is -2.20. The average molecular weight is 462 g/mol. The third-order valence-electron chi connectivity index (χ3n) is 5.00. The number of thioether (sulfide) groups is 1. The Morgan fingerprint density at radius 1 is 1.03 bits per heavy atom. The number of pyridine rings is 1. The van der Waals surface area contributed by atoms with Crippen LogP contribution in [-0.4, -0.2) is 49.4 Å². The van der Waals surface area contributed by atoms with Gasteiger partial charge in [-0.25, -0.2) is 0 Å². The lowest BCUT2D eigenvalue weighted by atomic mass is 10.2. The fourth-order valence-electron chi connectivity index (χ4n) is 3.44. The fraction of sp³-hybridized carbons (Fsp3) is 0.333. The van der Waals surface area contributed by atoms with Crippen molar-refractivity contribution in [2.75, 3.05) is 18.8 Å². The van der Waals surface area contributed by atoms with Crippen molar-refractivity contribution in [3.63, 3.8) is 0 Å². The highest BCUT2D eigenvalue weighted by Gasteiger charge is 2.20. The monoisotopic (exact) mass is 461 g/mol. The molecule has 6 nitrogen and oxygen atoms in total. The number of benzene rings is 1. The van der Waals surface area contributed by atoms with E-state index in [-0.39, 0.29) is 5.91 Å². The van der Waals surface area contributed by atoms with Crippen molar-refractivity contribution in [2.45, 2.75) is 30.8 Å². The Hall–Kier alpha value is -2.09. The summed E-state index contributed by atoms with van der Waals surface area (Å²) in [6.07, 6.45) is 7.96. The van der Waals surface area contributed by atoms with Crippen LogP contribution < -0.4 is 0 Å². The molecule has 0 unspecified atom stereocenters. The molecule has 156 valence electrons. The second-order valence-corrected chi connectivity index (χ2v) is 8.82. The summed E-state index contributed by atoms with van der Waals surface area (Å²) in [6.45, 7) is 1.67. The van der Waals surface area contributed by atoms with E-state index in [1.807, 2.05) is 27.7 Å². The van der Waals surface area contributed by atoms with Crippen LogP contribution in [0.1, 0.15) is 25.7 Å². The summed E-state index contributed by atoms with van der Waals surface area (Å²) in [6, 6.07) is 9.13. The highest BCUT2D eigenvalue weighted by molar-refractivity contribution is 7.99. The van der Waals surface area contributed by atoms with Crippen molar-refractivity contribution < 1.29 is 4.79 Å². The second-order valence-electron chi connectivity index (χ2n) is 7.07. The second kappa shape index (κ2) is 9.81. The van der Waals surface area contributed by atoms with Crippen LogP contribution in [0, 0.1) is 0 Å². The predicted octanol–water partition coefficient (Wildman–Crippen LogP) is 5.13. The highest BCUT2D eigenvalue weighted by atomic mass is 35.5. The van der Waals surface area contributed by atoms with E-state index in [0.29, 0.717) is 26.8 Å². The van der Waals surface area contributed by atoms with Gasteiger partial charge in [-0.1, -0.05) is 47.8 Å². The fourth-order valence-corrected chi connectivity index (χ4v) is 4.59. The maximum atomic E-state index is 12.7. The Bertz CT molecular complexity index is 1020. The molecule has 0 radical (unpaired) electrons. The largest absolute Gasteiger partial charge is 0.342 e. The number of hydrogen-bond donors (Lipinski definition) is 0. The molecule has 1 amide bonds. The van der Waals surface area contributed by atoms with Gasteiger partial charge in [0.25, 0.3) is 0 Å². The van der Waals surface area contributed by atoms with Gasteiger partial charge in [-0.3, -0.25) is 14.3 Å². The lowest BCUT2D eigenvalue weighted by molar-refractivity contribution is -0.128. The summed E-state index contributed by atoms with van der Waals surface area (Å²) in [7, 11) is 0. The maximum absolute atomic E-state index is 12.7. The first-order chi connectivity index (χ1) is 14.6. The van der Waals surface area contributed by atoms with Gasteiger partial charge in [0, 0.05) is 31.0 Å². The number of rotatable bonds is 5. The zero-order valence-corrected chi connectivity index (χ0v) is 18.6. The van der Waals surface area contributed by atoms with Gasteiger partial charge in [-0.2, -0.15) is 0 Å². The number of carbonyl (C=O) groups is 1. The summed E-state index contributed by atoms with van der Waals surface area (Å²) in [5, 5.41) is 10.3. The number of likely N-dealkylation sites (tertiary alicyclic amines) is 1. The predicted molar refractivity (Wildman–Crippen MR) is 120 cm³/mol. The summed E-state index contributed by atoms with van der Waals surface area (Å²) in [5.74, 6) is 1.08. The van der Waals surface area contributed by atoms with Crippen molar-refractivity contribution in [2.24, 2.45) is 0 Å². The van der Waals surface area contributed by atoms with Crippen molar-refractivity contribution in [1.29, 1.82) is 0 Å². The molecule has 0 aliphatic carbocycles. The minimum Gasteiger partial charge on any atom is -0.342 e. The molecule has 0 N–H and O–H groups in total. The Morgan fingerprint density at radius 3 is 2.53 bits per heavy atom. The smallest absolute Gasteiger partial charge is 0.233 e. The lowest BCUT2D eigenvalue weighted by Crippen LogP contribution is -2.33. The van der Waals surface area contributed by atoms with E-state index in [0.717, 1.165) is 37.2 Å². The Labute approximate surface area is 189 Å². The molecule has 1 fully saturated rings. The number of aromatic nitrogens is 4. The van der Waals surface area contributed by atoms with E-state index in [4.69, 9.17) is 23.2 Å². The van der Waals surface area contributed by atoms with Crippen molar-refractivity contribution >= 4 is 40.9 Å². The molecule has 30 heavy (non-hydrogen) atoms. The standard InChI is InChI=1S/C21H21Cl2N5OS/c22-17-8-7-16(12-18(17)23)28-20(15-6-5-9-24-13-15)25-26-21(28)30-14-19(29)27-10-3-1-2-4-11-27/h5-9,12-13H,1-4,10-11,14H2. The van der Waals surface area contributed by atoms with Gasteiger partial charge >= 0.3 is 0 Å². The summed E-state index contributed by atoms with van der Waals surface area (Å²) >= 11 is 13.7. The van der Waals surface area contributed by atoms with E-state index in [9.17, 15) is 4.79 Å². The van der Waals surface area contributed by atoms with Gasteiger partial charge in [0.15, 0.2) is 11.0 Å². The van der Waals surface area contributed by atoms with Crippen molar-refractivity contribution in [3.05, 3.63) is 52.8 Å². The minimum absolute atomic E-state index is 0.133. The molecule has 9 heteroatoms. The summed E-state index contributed by atoms with van der Waals surface area (Å²) in [4.78, 5) is 18.9. The van der Waals surface area contributed by atoms with Gasteiger partial charge < -0.3 is 4.90 Å². The van der Waals surface area contributed by atoms with Crippen LogP contribution in [-0.2, 0) is 4.79 Å². The van der Waals surface area contributed by atoms with E-state index >= 15 is 0 Å². The molecule has 4 rings (SSSR count). The molecule has 1 aliphatic rings. The average Bonchev–Trinajstić information content (AvgIpc) is 2.99. The quantitative estimate of drug-likeness (QED) is 0.492. The topological polar surface area (TPSA) is 63.9 Å². The van der Waals surface area contributed by atoms with Crippen molar-refractivity contribution in [3.8, 4) is 17.1 Å². The van der Waals surface area contributed by atoms with Crippen molar-refractivity contribution in [1.82, 2.24) is 24.6 Å². The zero-order valence-electron chi connectivity index (χ0n) is 16.3. The van der Waals surface area contributed by atoms with Gasteiger partial charge in [0.2, 0.25) is 5.91 Å². The van der Waals surface area contributed by atoms with Gasteiger partial charge in [0.05, 0.1) is 21.5 Å². The number of amides is 1. The Balaban J connectivity index is 1.63. The van der Waals surface area contributed by atoms with Crippen LogP contribution >= 0.6 is 35.0 Å². The van der Waals surface area contributed by atoms with Crippen LogP contribution in [0.3, 0.4) is 0 Å². The first-order valence-electron chi connectivity index (χ1n) is 9.85. The van der Waals surface area contributed by atoms with E-state index in [1.54, 1.807) is 24.5 Å². The SMILES string of the molecule is O=C(CSc1nnc(-c2cccnc2)n1-c1ccc(Cl)c(Cl)c1)N1CCCCCC1. The third kappa shape index (κ3) is 4.79. The Kier molecular flexibility index (Phi) is 6.92. The van der Waals surface area contributed by atoms with E-state index in [2.05, 4.69) is 15.2 Å². The molecule has 0 atom stereocenters. The summed E-state index contributed by atoms with van der Waals surface area (Å²) < 4.78 is 1.89. The zero-order chi connectivity index (χ0) is 20.9. The highest BCUT2D eigenvalue weighted by Crippen LogP contribution is 2.31. The maximum Gasteiger partial charge on any atom is 0.233 e. The molecule has 1 saturated heterocycles. The normalized spacial score (nSPS) is 14.5. The van der Waals surface area contributed by atoms with E-state index < -0.39 is 0 Å². The minimum atomic E-state index is 0.133. The van der Waals surface area contributed by atoms with Gasteiger partial charge in [-0.05, 0) is 43.2 Å². The van der Waals surface area contributed by atoms with Crippen LogP contribution in [0.4, 0.5) is 0 Å². The number of hydrogen-bond acceptors (Lipinski definition) is 5. The number of carbonyl (C=O) groups excluding carboxylic acids is 1. The molecule has 0 spiro atoms. The Morgan fingerprint density at radius 2 is 1.83 bits per heavy atom. The first kappa shape index (κ1) is 21.2. The van der Waals surface area contributed by atoms with Crippen LogP contribution in [0.2, 0.25) is 10.0 Å². The molecule has 0 saturated carbocycles. The third-order valence-corrected chi connectivity index (χ3v) is 6.65. The summed E-state index contributed by atoms with van der Waals surface area (Å²) in [5.41, 5.74) is 1.60. The molecular formula is C21H21Cl2N5OS. The number of halogens is 2. The molecule has 1 aliphatic heterocycles. The molecule has 0 bridgehead atoms. The van der Waals surface area contributed by atoms with E-state index in [1.165, 1.54) is 24.6 Å². The molecule has 3 heterocycles. The molecule has 3 aromatic rings. The first-order valence-corrected chi connectivity index (χ1v) is 11.6. The molecule has 1 aromatic carbocycles.